The highest BCUT2D eigenvalue weighted by Gasteiger charge is 2.36. The maximum atomic E-state index is 10.8. The van der Waals surface area contributed by atoms with Crippen molar-refractivity contribution in [1.29, 1.82) is 0 Å². The second-order valence-corrected chi connectivity index (χ2v) is 4.58. The first-order valence-corrected chi connectivity index (χ1v) is 5.12. The molecule has 0 amide bonds. The lowest BCUT2D eigenvalue weighted by molar-refractivity contribution is -0.142. The zero-order valence-corrected chi connectivity index (χ0v) is 8.07. The van der Waals surface area contributed by atoms with E-state index in [0.29, 0.717) is 5.92 Å². The molecule has 0 aromatic carbocycles. The van der Waals surface area contributed by atoms with Crippen molar-refractivity contribution in [2.45, 2.75) is 19.8 Å². The van der Waals surface area contributed by atoms with Gasteiger partial charge >= 0.3 is 5.97 Å². The van der Waals surface area contributed by atoms with Crippen molar-refractivity contribution >= 4 is 5.97 Å². The van der Waals surface area contributed by atoms with Crippen LogP contribution in [0.25, 0.3) is 0 Å². The average molecular weight is 183 g/mol. The Morgan fingerprint density at radius 3 is 2.62 bits per heavy atom. The maximum absolute atomic E-state index is 10.8. The predicted molar refractivity (Wildman–Crippen MR) is 49.5 cm³/mol. The first-order chi connectivity index (χ1) is 6.16. The zero-order chi connectivity index (χ0) is 9.42. The predicted octanol–water partition coefficient (Wildman–Crippen LogP) is 1.05. The van der Waals surface area contributed by atoms with Crippen LogP contribution in [0.3, 0.4) is 0 Å². The van der Waals surface area contributed by atoms with E-state index in [0.717, 1.165) is 25.6 Å². The van der Waals surface area contributed by atoms with Crippen LogP contribution in [0.1, 0.15) is 19.8 Å². The summed E-state index contributed by atoms with van der Waals surface area (Å²) >= 11 is 0. The topological polar surface area (TPSA) is 40.5 Å². The molecular formula is C10H17NO2. The van der Waals surface area contributed by atoms with E-state index in [1.807, 2.05) is 6.92 Å². The van der Waals surface area contributed by atoms with Crippen LogP contribution in [0.2, 0.25) is 0 Å². The molecule has 0 unspecified atom stereocenters. The summed E-state index contributed by atoms with van der Waals surface area (Å²) in [6.45, 7) is 4.93. The van der Waals surface area contributed by atoms with Gasteiger partial charge in [-0.25, -0.2) is 0 Å². The molecule has 1 N–H and O–H groups in total. The smallest absolute Gasteiger partial charge is 0.308 e. The molecule has 74 valence electrons. The molecule has 2 fully saturated rings. The van der Waals surface area contributed by atoms with Gasteiger partial charge in [0.2, 0.25) is 0 Å². The minimum absolute atomic E-state index is 0.126. The van der Waals surface area contributed by atoms with Crippen LogP contribution >= 0.6 is 0 Å². The van der Waals surface area contributed by atoms with Gasteiger partial charge in [-0.3, -0.25) is 4.79 Å². The molecule has 2 atom stereocenters. The van der Waals surface area contributed by atoms with Crippen LogP contribution < -0.4 is 0 Å². The van der Waals surface area contributed by atoms with E-state index >= 15 is 0 Å². The minimum Gasteiger partial charge on any atom is -0.481 e. The van der Waals surface area contributed by atoms with Crippen LogP contribution in [0.5, 0.6) is 0 Å². The number of nitrogens with zero attached hydrogens (tertiary/aromatic N) is 1. The third-order valence-corrected chi connectivity index (χ3v) is 3.22. The summed E-state index contributed by atoms with van der Waals surface area (Å²) in [7, 11) is 0. The second-order valence-electron chi connectivity index (χ2n) is 4.58. The Bertz CT molecular complexity index is 213. The number of likely N-dealkylation sites (tertiary alicyclic amines) is 1. The third-order valence-electron chi connectivity index (χ3n) is 3.22. The third kappa shape index (κ3) is 2.02. The Morgan fingerprint density at radius 1 is 1.46 bits per heavy atom. The number of aliphatic carboxylic acids is 1. The lowest BCUT2D eigenvalue weighted by Gasteiger charge is -2.13. The summed E-state index contributed by atoms with van der Waals surface area (Å²) in [5.41, 5.74) is 0. The Kier molecular flexibility index (Phi) is 2.28. The van der Waals surface area contributed by atoms with E-state index in [-0.39, 0.29) is 5.92 Å². The highest BCUT2D eigenvalue weighted by Crippen LogP contribution is 2.32. The second kappa shape index (κ2) is 3.29. The molecule has 1 heterocycles. The maximum Gasteiger partial charge on any atom is 0.308 e. The molecule has 0 radical (unpaired) electrons. The van der Waals surface area contributed by atoms with Gasteiger partial charge in [0.05, 0.1) is 5.92 Å². The summed E-state index contributed by atoms with van der Waals surface area (Å²) in [5, 5.41) is 8.92. The number of carbonyl (C=O) groups is 1. The van der Waals surface area contributed by atoms with E-state index in [4.69, 9.17) is 5.11 Å². The summed E-state index contributed by atoms with van der Waals surface area (Å²) in [6.07, 6.45) is 2.70. The highest BCUT2D eigenvalue weighted by molar-refractivity contribution is 5.71. The molecule has 1 aliphatic carbocycles. The van der Waals surface area contributed by atoms with Gasteiger partial charge in [0.15, 0.2) is 0 Å². The van der Waals surface area contributed by atoms with E-state index < -0.39 is 5.97 Å². The van der Waals surface area contributed by atoms with Gasteiger partial charge in [-0.15, -0.1) is 0 Å². The zero-order valence-electron chi connectivity index (χ0n) is 8.07. The minimum atomic E-state index is -0.620. The molecule has 0 bridgehead atoms. The van der Waals surface area contributed by atoms with Crippen LogP contribution in [0, 0.1) is 17.8 Å². The van der Waals surface area contributed by atoms with Gasteiger partial charge in [-0.05, 0) is 24.7 Å². The van der Waals surface area contributed by atoms with Crippen molar-refractivity contribution in [3.8, 4) is 0 Å². The van der Waals surface area contributed by atoms with Crippen molar-refractivity contribution in [1.82, 2.24) is 4.90 Å². The van der Waals surface area contributed by atoms with Crippen LogP contribution in [-0.4, -0.2) is 35.6 Å². The molecule has 13 heavy (non-hydrogen) atoms. The number of rotatable bonds is 3. The van der Waals surface area contributed by atoms with Crippen LogP contribution in [0.4, 0.5) is 0 Å². The number of carboxylic acid groups (broad SMARTS) is 1. The molecule has 1 saturated carbocycles. The molecule has 2 rings (SSSR count). The van der Waals surface area contributed by atoms with Gasteiger partial charge in [-0.2, -0.15) is 0 Å². The van der Waals surface area contributed by atoms with E-state index in [2.05, 4.69) is 4.90 Å². The van der Waals surface area contributed by atoms with Gasteiger partial charge in [0.25, 0.3) is 0 Å². The molecule has 1 saturated heterocycles. The van der Waals surface area contributed by atoms with Gasteiger partial charge < -0.3 is 10.0 Å². The molecule has 3 heteroatoms. The summed E-state index contributed by atoms with van der Waals surface area (Å²) in [5.74, 6) is 0.459. The quantitative estimate of drug-likeness (QED) is 0.711. The standard InChI is InChI=1S/C10H17NO2/c1-7-4-11(5-8-2-3-8)6-9(7)10(12)13/h7-9H,2-6H2,1H3,(H,12,13)/t7-,9-/m1/s1. The van der Waals surface area contributed by atoms with E-state index in [9.17, 15) is 4.79 Å². The molecule has 0 aromatic rings. The molecular weight excluding hydrogens is 166 g/mol. The lowest BCUT2D eigenvalue weighted by atomic mass is 9.99. The normalized spacial score (nSPS) is 35.2. The van der Waals surface area contributed by atoms with Crippen molar-refractivity contribution in [2.24, 2.45) is 17.8 Å². The summed E-state index contributed by atoms with van der Waals surface area (Å²) < 4.78 is 0. The van der Waals surface area contributed by atoms with Crippen LogP contribution in [0.15, 0.2) is 0 Å². The number of hydrogen-bond donors (Lipinski definition) is 1. The van der Waals surface area contributed by atoms with Gasteiger partial charge in [-0.1, -0.05) is 6.92 Å². The molecule has 1 aliphatic heterocycles. The van der Waals surface area contributed by atoms with Crippen molar-refractivity contribution in [3.05, 3.63) is 0 Å². The van der Waals surface area contributed by atoms with Crippen LogP contribution in [-0.2, 0) is 4.79 Å². The van der Waals surface area contributed by atoms with Crippen molar-refractivity contribution in [2.75, 3.05) is 19.6 Å². The van der Waals surface area contributed by atoms with E-state index in [1.54, 1.807) is 0 Å². The Morgan fingerprint density at radius 2 is 2.15 bits per heavy atom. The summed E-state index contributed by atoms with van der Waals surface area (Å²) in [4.78, 5) is 13.2. The molecule has 0 spiro atoms. The summed E-state index contributed by atoms with van der Waals surface area (Å²) in [6, 6.07) is 0. The van der Waals surface area contributed by atoms with Crippen molar-refractivity contribution in [3.63, 3.8) is 0 Å². The Labute approximate surface area is 78.7 Å². The lowest BCUT2D eigenvalue weighted by Crippen LogP contribution is -2.25. The highest BCUT2D eigenvalue weighted by atomic mass is 16.4. The number of hydrogen-bond acceptors (Lipinski definition) is 2. The number of carboxylic acids is 1. The van der Waals surface area contributed by atoms with E-state index in [1.165, 1.54) is 12.8 Å². The van der Waals surface area contributed by atoms with Crippen molar-refractivity contribution < 1.29 is 9.90 Å². The largest absolute Gasteiger partial charge is 0.481 e. The first-order valence-electron chi connectivity index (χ1n) is 5.12. The average Bonchev–Trinajstić information content (AvgIpc) is 2.75. The SMILES string of the molecule is C[C@@H]1CN(CC2CC2)C[C@H]1C(=O)O. The fourth-order valence-electron chi connectivity index (χ4n) is 2.20. The monoisotopic (exact) mass is 183 g/mol. The first kappa shape index (κ1) is 9.00. The van der Waals surface area contributed by atoms with Gasteiger partial charge in [0.1, 0.15) is 0 Å². The fraction of sp³-hybridized carbons (Fsp3) is 0.900. The molecule has 2 aliphatic rings. The van der Waals surface area contributed by atoms with Gasteiger partial charge in [0, 0.05) is 19.6 Å². The molecule has 0 aromatic heterocycles. The fourth-order valence-corrected chi connectivity index (χ4v) is 2.20. The molecule has 3 nitrogen and oxygen atoms in total. The Hall–Kier alpha value is -0.570. The Balaban J connectivity index is 1.85.